The molecule has 0 aromatic heterocycles. The normalized spacial score (nSPS) is 17.8. The molecule has 0 bridgehead atoms. The molecule has 4 heteroatoms. The Balaban J connectivity index is 1.67. The molecular formula is C17H24N2O2. The molecule has 1 amide bonds. The summed E-state index contributed by atoms with van der Waals surface area (Å²) in [7, 11) is 0. The fraction of sp³-hybridized carbons (Fsp3) is 0.471. The van der Waals surface area contributed by atoms with Crippen LogP contribution in [0.3, 0.4) is 0 Å². The summed E-state index contributed by atoms with van der Waals surface area (Å²) in [4.78, 5) is 14.0. The number of aliphatic hydroxyl groups excluding tert-OH is 1. The van der Waals surface area contributed by atoms with Crippen molar-refractivity contribution >= 4 is 12.0 Å². The third kappa shape index (κ3) is 6.10. The van der Waals surface area contributed by atoms with Crippen LogP contribution in [0.5, 0.6) is 0 Å². The molecule has 0 saturated carbocycles. The first-order valence-electron chi connectivity index (χ1n) is 7.65. The van der Waals surface area contributed by atoms with E-state index in [0.717, 1.165) is 18.7 Å². The third-order valence-corrected chi connectivity index (χ3v) is 3.66. The van der Waals surface area contributed by atoms with Crippen LogP contribution in [0.1, 0.15) is 24.8 Å². The van der Waals surface area contributed by atoms with E-state index in [1.807, 2.05) is 30.3 Å². The zero-order valence-corrected chi connectivity index (χ0v) is 12.4. The molecule has 0 aliphatic carbocycles. The van der Waals surface area contributed by atoms with Crippen LogP contribution in [0.4, 0.5) is 0 Å². The summed E-state index contributed by atoms with van der Waals surface area (Å²) in [6.45, 7) is 3.05. The fourth-order valence-corrected chi connectivity index (χ4v) is 2.52. The maximum Gasteiger partial charge on any atom is 0.244 e. The molecule has 1 aliphatic rings. The van der Waals surface area contributed by atoms with Crippen molar-refractivity contribution < 1.29 is 9.90 Å². The molecular weight excluding hydrogens is 264 g/mol. The van der Waals surface area contributed by atoms with Gasteiger partial charge in [0.25, 0.3) is 0 Å². The average molecular weight is 288 g/mol. The number of hydrogen-bond acceptors (Lipinski definition) is 3. The summed E-state index contributed by atoms with van der Waals surface area (Å²) in [6.07, 6.45) is 6.47. The number of carbonyl (C=O) groups is 1. The molecule has 1 atom stereocenters. The Bertz CT molecular complexity index is 453. The van der Waals surface area contributed by atoms with Gasteiger partial charge in [-0.15, -0.1) is 0 Å². The van der Waals surface area contributed by atoms with E-state index in [1.165, 1.54) is 25.3 Å². The van der Waals surface area contributed by atoms with Gasteiger partial charge in [0, 0.05) is 19.2 Å². The Morgan fingerprint density at radius 3 is 2.67 bits per heavy atom. The van der Waals surface area contributed by atoms with Crippen molar-refractivity contribution in [1.82, 2.24) is 10.2 Å². The van der Waals surface area contributed by atoms with Crippen LogP contribution in [0.15, 0.2) is 36.4 Å². The van der Waals surface area contributed by atoms with Crippen LogP contribution in [-0.2, 0) is 4.79 Å². The van der Waals surface area contributed by atoms with Crippen LogP contribution in [0.25, 0.3) is 6.08 Å². The Morgan fingerprint density at radius 2 is 1.95 bits per heavy atom. The molecule has 1 unspecified atom stereocenters. The van der Waals surface area contributed by atoms with E-state index in [9.17, 15) is 9.90 Å². The smallest absolute Gasteiger partial charge is 0.244 e. The van der Waals surface area contributed by atoms with Crippen molar-refractivity contribution in [3.63, 3.8) is 0 Å². The van der Waals surface area contributed by atoms with E-state index >= 15 is 0 Å². The van der Waals surface area contributed by atoms with Gasteiger partial charge in [0.15, 0.2) is 0 Å². The van der Waals surface area contributed by atoms with Gasteiger partial charge in [0.2, 0.25) is 5.91 Å². The molecule has 1 aromatic rings. The largest absolute Gasteiger partial charge is 0.390 e. The summed E-state index contributed by atoms with van der Waals surface area (Å²) in [6, 6.07) is 9.68. The molecule has 114 valence electrons. The predicted octanol–water partition coefficient (Wildman–Crippen LogP) is 1.66. The summed E-state index contributed by atoms with van der Waals surface area (Å²) in [5.41, 5.74) is 0.988. The van der Waals surface area contributed by atoms with Gasteiger partial charge in [0.1, 0.15) is 0 Å². The van der Waals surface area contributed by atoms with Crippen molar-refractivity contribution in [2.75, 3.05) is 26.2 Å². The number of β-amino-alcohol motifs (C(OH)–C–C–N with tert-alkyl or cyclic N) is 1. The van der Waals surface area contributed by atoms with Gasteiger partial charge in [-0.1, -0.05) is 36.8 Å². The van der Waals surface area contributed by atoms with Gasteiger partial charge in [0.05, 0.1) is 6.10 Å². The van der Waals surface area contributed by atoms with Gasteiger partial charge >= 0.3 is 0 Å². The molecule has 1 saturated heterocycles. The zero-order chi connectivity index (χ0) is 14.9. The predicted molar refractivity (Wildman–Crippen MR) is 84.8 cm³/mol. The van der Waals surface area contributed by atoms with E-state index < -0.39 is 6.10 Å². The van der Waals surface area contributed by atoms with Gasteiger partial charge in [-0.2, -0.15) is 0 Å². The number of nitrogens with one attached hydrogen (secondary N) is 1. The minimum Gasteiger partial charge on any atom is -0.390 e. The minimum absolute atomic E-state index is 0.170. The fourth-order valence-electron chi connectivity index (χ4n) is 2.52. The first kappa shape index (κ1) is 15.7. The molecule has 1 fully saturated rings. The maximum atomic E-state index is 11.7. The lowest BCUT2D eigenvalue weighted by atomic mass is 10.1. The summed E-state index contributed by atoms with van der Waals surface area (Å²) >= 11 is 0. The summed E-state index contributed by atoms with van der Waals surface area (Å²) in [5.74, 6) is -0.170. The van der Waals surface area contributed by atoms with Gasteiger partial charge in [-0.05, 0) is 37.6 Å². The minimum atomic E-state index is -0.503. The lowest BCUT2D eigenvalue weighted by Crippen LogP contribution is -2.41. The van der Waals surface area contributed by atoms with Crippen molar-refractivity contribution in [3.8, 4) is 0 Å². The van der Waals surface area contributed by atoms with E-state index in [0.29, 0.717) is 13.1 Å². The van der Waals surface area contributed by atoms with Gasteiger partial charge in [-0.25, -0.2) is 0 Å². The van der Waals surface area contributed by atoms with Crippen molar-refractivity contribution in [2.45, 2.75) is 25.4 Å². The highest BCUT2D eigenvalue weighted by molar-refractivity contribution is 5.91. The monoisotopic (exact) mass is 288 g/mol. The molecule has 2 rings (SSSR count). The lowest BCUT2D eigenvalue weighted by molar-refractivity contribution is -0.116. The molecule has 0 radical (unpaired) electrons. The second kappa shape index (κ2) is 8.60. The zero-order valence-electron chi connectivity index (χ0n) is 12.4. The van der Waals surface area contributed by atoms with Crippen LogP contribution < -0.4 is 5.32 Å². The molecule has 21 heavy (non-hydrogen) atoms. The number of rotatable bonds is 6. The first-order chi connectivity index (χ1) is 10.2. The van der Waals surface area contributed by atoms with Gasteiger partial charge < -0.3 is 15.3 Å². The highest BCUT2D eigenvalue weighted by Gasteiger charge is 2.14. The standard InChI is InChI=1S/C17H24N2O2/c20-16(14-19-11-5-2-6-12-19)13-18-17(21)10-9-15-7-3-1-4-8-15/h1,3-4,7-10,16,20H,2,5-6,11-14H2,(H,18,21). The maximum absolute atomic E-state index is 11.7. The SMILES string of the molecule is O=C(C=Cc1ccccc1)NCC(O)CN1CCCCC1. The van der Waals surface area contributed by atoms with E-state index in [1.54, 1.807) is 6.08 Å². The highest BCUT2D eigenvalue weighted by Crippen LogP contribution is 2.08. The quantitative estimate of drug-likeness (QED) is 0.783. The van der Waals surface area contributed by atoms with Crippen LogP contribution in [-0.4, -0.2) is 48.2 Å². The van der Waals surface area contributed by atoms with Crippen molar-refractivity contribution in [3.05, 3.63) is 42.0 Å². The second-order valence-corrected chi connectivity index (χ2v) is 5.50. The Hall–Kier alpha value is -1.65. The highest BCUT2D eigenvalue weighted by atomic mass is 16.3. The molecule has 4 nitrogen and oxygen atoms in total. The van der Waals surface area contributed by atoms with Crippen LogP contribution >= 0.6 is 0 Å². The Morgan fingerprint density at radius 1 is 1.24 bits per heavy atom. The number of piperidine rings is 1. The number of benzene rings is 1. The van der Waals surface area contributed by atoms with E-state index in [4.69, 9.17) is 0 Å². The average Bonchev–Trinajstić information content (AvgIpc) is 2.53. The van der Waals surface area contributed by atoms with Crippen LogP contribution in [0.2, 0.25) is 0 Å². The number of aliphatic hydroxyl groups is 1. The molecule has 1 aromatic carbocycles. The van der Waals surface area contributed by atoms with Crippen molar-refractivity contribution in [1.29, 1.82) is 0 Å². The van der Waals surface area contributed by atoms with Crippen molar-refractivity contribution in [2.24, 2.45) is 0 Å². The van der Waals surface area contributed by atoms with Gasteiger partial charge in [-0.3, -0.25) is 4.79 Å². The molecule has 2 N–H and O–H groups in total. The summed E-state index contributed by atoms with van der Waals surface area (Å²) < 4.78 is 0. The molecule has 1 aliphatic heterocycles. The first-order valence-corrected chi connectivity index (χ1v) is 7.65. The number of nitrogens with zero attached hydrogens (tertiary/aromatic N) is 1. The van der Waals surface area contributed by atoms with Crippen LogP contribution in [0, 0.1) is 0 Å². The van der Waals surface area contributed by atoms with E-state index in [-0.39, 0.29) is 5.91 Å². The third-order valence-electron chi connectivity index (χ3n) is 3.66. The molecule has 0 spiro atoms. The Kier molecular flexibility index (Phi) is 6.44. The number of likely N-dealkylation sites (tertiary alicyclic amines) is 1. The number of hydrogen-bond donors (Lipinski definition) is 2. The molecule has 1 heterocycles. The second-order valence-electron chi connectivity index (χ2n) is 5.50. The van der Waals surface area contributed by atoms with E-state index in [2.05, 4.69) is 10.2 Å². The summed E-state index contributed by atoms with van der Waals surface area (Å²) in [5, 5.41) is 12.7. The topological polar surface area (TPSA) is 52.6 Å². The number of carbonyl (C=O) groups excluding carboxylic acids is 1. The lowest BCUT2D eigenvalue weighted by Gasteiger charge is -2.28. The Labute approximate surface area is 126 Å². The number of amides is 1.